The summed E-state index contributed by atoms with van der Waals surface area (Å²) in [6.45, 7) is 4.36. The molecule has 1 aliphatic rings. The molecule has 0 saturated carbocycles. The molecule has 0 fully saturated rings. The number of sulfone groups is 1. The predicted molar refractivity (Wildman–Crippen MR) is 103 cm³/mol. The lowest BCUT2D eigenvalue weighted by atomic mass is 9.92. The second-order valence-corrected chi connectivity index (χ2v) is 9.06. The van der Waals surface area contributed by atoms with Crippen molar-refractivity contribution < 1.29 is 13.2 Å². The largest absolute Gasteiger partial charge is 0.335 e. The van der Waals surface area contributed by atoms with E-state index in [2.05, 4.69) is 19.1 Å². The quantitative estimate of drug-likeness (QED) is 0.810. The minimum Gasteiger partial charge on any atom is -0.335 e. The van der Waals surface area contributed by atoms with Gasteiger partial charge < -0.3 is 4.90 Å². The summed E-state index contributed by atoms with van der Waals surface area (Å²) in [5.41, 5.74) is 3.27. The topological polar surface area (TPSA) is 54.5 Å². The molecule has 2 aromatic carbocycles. The van der Waals surface area contributed by atoms with Crippen LogP contribution in [0.15, 0.2) is 53.4 Å². The lowest BCUT2D eigenvalue weighted by Crippen LogP contribution is -2.44. The van der Waals surface area contributed by atoms with Gasteiger partial charge in [0, 0.05) is 12.6 Å². The molecule has 0 aromatic heterocycles. The third-order valence-corrected chi connectivity index (χ3v) is 6.87. The molecule has 2 aromatic rings. The fraction of sp³-hybridized carbons (Fsp3) is 0.381. The van der Waals surface area contributed by atoms with Crippen molar-refractivity contribution in [3.05, 3.63) is 65.2 Å². The third kappa shape index (κ3) is 3.83. The van der Waals surface area contributed by atoms with Gasteiger partial charge in [-0.2, -0.15) is 0 Å². The number of amides is 1. The monoisotopic (exact) mass is 371 g/mol. The normalized spacial score (nSPS) is 17.0. The maximum Gasteiger partial charge on any atom is 0.227 e. The molecule has 138 valence electrons. The van der Waals surface area contributed by atoms with Crippen molar-refractivity contribution >= 4 is 15.7 Å². The van der Waals surface area contributed by atoms with E-state index < -0.39 is 9.84 Å². The van der Waals surface area contributed by atoms with Crippen molar-refractivity contribution in [3.63, 3.8) is 0 Å². The third-order valence-electron chi connectivity index (χ3n) is 5.14. The van der Waals surface area contributed by atoms with Gasteiger partial charge in [-0.15, -0.1) is 0 Å². The van der Waals surface area contributed by atoms with Crippen molar-refractivity contribution in [3.8, 4) is 0 Å². The van der Waals surface area contributed by atoms with E-state index in [-0.39, 0.29) is 24.1 Å². The fourth-order valence-electron chi connectivity index (χ4n) is 3.54. The zero-order chi connectivity index (χ0) is 18.7. The van der Waals surface area contributed by atoms with Crippen LogP contribution >= 0.6 is 0 Å². The van der Waals surface area contributed by atoms with Crippen LogP contribution in [0.3, 0.4) is 0 Å². The van der Waals surface area contributed by atoms with E-state index in [9.17, 15) is 13.2 Å². The van der Waals surface area contributed by atoms with Crippen molar-refractivity contribution in [1.82, 2.24) is 4.90 Å². The van der Waals surface area contributed by atoms with Crippen LogP contribution in [0, 0.1) is 0 Å². The van der Waals surface area contributed by atoms with Gasteiger partial charge in [0.15, 0.2) is 9.84 Å². The smallest absolute Gasteiger partial charge is 0.227 e. The Morgan fingerprint density at radius 2 is 1.81 bits per heavy atom. The molecule has 1 amide bonds. The molecule has 3 rings (SSSR count). The molecule has 4 nitrogen and oxygen atoms in total. The van der Waals surface area contributed by atoms with Crippen LogP contribution in [0.2, 0.25) is 0 Å². The maximum absolute atomic E-state index is 13.0. The van der Waals surface area contributed by atoms with E-state index in [1.807, 2.05) is 23.1 Å². The standard InChI is InChI=1S/C21H25NO3S/c1-3-19-14-17-9-5-6-10-18(17)15-22(19)21(23)13-16-8-7-11-20(12-16)26(24,25)4-2/h5-12,19H,3-4,13-15H2,1-2H3. The molecule has 26 heavy (non-hydrogen) atoms. The van der Waals surface area contributed by atoms with Crippen LogP contribution in [0.5, 0.6) is 0 Å². The first-order valence-electron chi connectivity index (χ1n) is 9.12. The van der Waals surface area contributed by atoms with E-state index in [1.54, 1.807) is 25.1 Å². The first-order chi connectivity index (χ1) is 12.4. The summed E-state index contributed by atoms with van der Waals surface area (Å²) in [7, 11) is -3.26. The van der Waals surface area contributed by atoms with Crippen molar-refractivity contribution in [2.45, 2.75) is 50.6 Å². The highest BCUT2D eigenvalue weighted by atomic mass is 32.2. The van der Waals surface area contributed by atoms with E-state index >= 15 is 0 Å². The predicted octanol–water partition coefficient (Wildman–Crippen LogP) is 3.39. The molecule has 0 N–H and O–H groups in total. The second-order valence-electron chi connectivity index (χ2n) is 6.78. The van der Waals surface area contributed by atoms with Crippen LogP contribution in [0.25, 0.3) is 0 Å². The molecule has 1 aliphatic heterocycles. The highest BCUT2D eigenvalue weighted by Crippen LogP contribution is 2.26. The van der Waals surface area contributed by atoms with E-state index in [0.29, 0.717) is 11.4 Å². The molecular weight excluding hydrogens is 346 g/mol. The van der Waals surface area contributed by atoms with Gasteiger partial charge in [0.05, 0.1) is 17.1 Å². The molecule has 0 radical (unpaired) electrons. The number of hydrogen-bond acceptors (Lipinski definition) is 3. The molecule has 1 atom stereocenters. The number of rotatable bonds is 5. The molecule has 0 saturated heterocycles. The Bertz CT molecular complexity index is 905. The number of hydrogen-bond donors (Lipinski definition) is 0. The molecule has 0 bridgehead atoms. The van der Waals surface area contributed by atoms with Crippen LogP contribution in [-0.4, -0.2) is 31.0 Å². The fourth-order valence-corrected chi connectivity index (χ4v) is 4.49. The summed E-state index contributed by atoms with van der Waals surface area (Å²) in [5.74, 6) is 0.114. The number of nitrogens with zero attached hydrogens (tertiary/aromatic N) is 1. The highest BCUT2D eigenvalue weighted by Gasteiger charge is 2.28. The molecule has 1 heterocycles. The van der Waals surface area contributed by atoms with Crippen LogP contribution in [0.4, 0.5) is 0 Å². The van der Waals surface area contributed by atoms with Crippen LogP contribution in [0.1, 0.15) is 37.0 Å². The molecule has 1 unspecified atom stereocenters. The number of benzene rings is 2. The summed E-state index contributed by atoms with van der Waals surface area (Å²) >= 11 is 0. The average molecular weight is 372 g/mol. The van der Waals surface area contributed by atoms with Gasteiger partial charge in [-0.3, -0.25) is 4.79 Å². The summed E-state index contributed by atoms with van der Waals surface area (Å²) < 4.78 is 24.2. The van der Waals surface area contributed by atoms with Gasteiger partial charge in [0.25, 0.3) is 0 Å². The maximum atomic E-state index is 13.0. The first kappa shape index (κ1) is 18.6. The summed E-state index contributed by atoms with van der Waals surface area (Å²) in [6, 6.07) is 15.2. The zero-order valence-corrected chi connectivity index (χ0v) is 16.1. The van der Waals surface area contributed by atoms with E-state index in [0.717, 1.165) is 18.4 Å². The Hall–Kier alpha value is -2.14. The van der Waals surface area contributed by atoms with Gasteiger partial charge in [-0.25, -0.2) is 8.42 Å². The van der Waals surface area contributed by atoms with Crippen molar-refractivity contribution in [2.75, 3.05) is 5.75 Å². The van der Waals surface area contributed by atoms with Gasteiger partial charge >= 0.3 is 0 Å². The highest BCUT2D eigenvalue weighted by molar-refractivity contribution is 7.91. The Kier molecular flexibility index (Phi) is 5.47. The average Bonchev–Trinajstić information content (AvgIpc) is 2.67. The SMILES string of the molecule is CCC1Cc2ccccc2CN1C(=O)Cc1cccc(S(=O)(=O)CC)c1. The lowest BCUT2D eigenvalue weighted by molar-refractivity contribution is -0.134. The number of carbonyl (C=O) groups excluding carboxylic acids is 1. The number of fused-ring (bicyclic) bond motifs is 1. The zero-order valence-electron chi connectivity index (χ0n) is 15.3. The molecule has 0 spiro atoms. The minimum absolute atomic E-state index is 0.0531. The van der Waals surface area contributed by atoms with Gasteiger partial charge in [-0.1, -0.05) is 50.2 Å². The summed E-state index contributed by atoms with van der Waals surface area (Å²) in [5, 5.41) is 0. The van der Waals surface area contributed by atoms with Gasteiger partial charge in [0.2, 0.25) is 5.91 Å². The Balaban J connectivity index is 1.81. The Morgan fingerprint density at radius 3 is 2.50 bits per heavy atom. The number of carbonyl (C=O) groups is 1. The summed E-state index contributed by atoms with van der Waals surface area (Å²) in [6.07, 6.45) is 2.01. The van der Waals surface area contributed by atoms with Crippen molar-refractivity contribution in [2.24, 2.45) is 0 Å². The van der Waals surface area contributed by atoms with Crippen molar-refractivity contribution in [1.29, 1.82) is 0 Å². The van der Waals surface area contributed by atoms with Crippen LogP contribution < -0.4 is 0 Å². The Labute approximate surface area is 155 Å². The summed E-state index contributed by atoms with van der Waals surface area (Å²) in [4.78, 5) is 15.2. The Morgan fingerprint density at radius 1 is 1.08 bits per heavy atom. The lowest BCUT2D eigenvalue weighted by Gasteiger charge is -2.36. The molecule has 0 aliphatic carbocycles. The van der Waals surface area contributed by atoms with E-state index in [4.69, 9.17) is 0 Å². The second kappa shape index (κ2) is 7.62. The minimum atomic E-state index is -3.26. The first-order valence-corrected chi connectivity index (χ1v) is 10.8. The van der Waals surface area contributed by atoms with Crippen LogP contribution in [-0.2, 0) is 34.0 Å². The molecular formula is C21H25NO3S. The van der Waals surface area contributed by atoms with Gasteiger partial charge in [0.1, 0.15) is 0 Å². The van der Waals surface area contributed by atoms with Gasteiger partial charge in [-0.05, 0) is 41.7 Å². The molecule has 5 heteroatoms. The van der Waals surface area contributed by atoms with E-state index in [1.165, 1.54) is 11.1 Å².